The van der Waals surface area contributed by atoms with Crippen LogP contribution in [0.15, 0.2) is 194 Å². The lowest BCUT2D eigenvalue weighted by molar-refractivity contribution is 1.18. The number of benzene rings is 9. The van der Waals surface area contributed by atoms with Crippen molar-refractivity contribution in [2.75, 3.05) is 4.90 Å². The number of hydrogen-bond acceptors (Lipinski definition) is 1. The summed E-state index contributed by atoms with van der Waals surface area (Å²) < 4.78 is 2.41. The number of fused-ring (bicyclic) bond motifs is 9. The van der Waals surface area contributed by atoms with Crippen molar-refractivity contribution in [2.45, 2.75) is 0 Å². The van der Waals surface area contributed by atoms with E-state index in [1.54, 1.807) is 0 Å². The summed E-state index contributed by atoms with van der Waals surface area (Å²) in [7, 11) is 0. The topological polar surface area (TPSA) is 8.17 Å². The molecule has 0 spiro atoms. The molecule has 50 heavy (non-hydrogen) atoms. The normalized spacial score (nSPS) is 11.6. The Morgan fingerprint density at radius 1 is 0.280 bits per heavy atom. The fourth-order valence-electron chi connectivity index (χ4n) is 7.85. The second-order valence-corrected chi connectivity index (χ2v) is 13.0. The third-order valence-electron chi connectivity index (χ3n) is 10.1. The largest absolute Gasteiger partial charge is 0.311 e. The van der Waals surface area contributed by atoms with Gasteiger partial charge in [-0.15, -0.1) is 0 Å². The van der Waals surface area contributed by atoms with Crippen molar-refractivity contribution in [3.05, 3.63) is 194 Å². The number of hydrogen-bond donors (Lipinski definition) is 0. The molecule has 2 heteroatoms. The first-order chi connectivity index (χ1) is 24.8. The van der Waals surface area contributed by atoms with E-state index in [9.17, 15) is 0 Å². The molecule has 0 saturated heterocycles. The average Bonchev–Trinajstić information content (AvgIpc) is 3.52. The van der Waals surface area contributed by atoms with Crippen molar-refractivity contribution in [3.63, 3.8) is 0 Å². The first-order valence-corrected chi connectivity index (χ1v) is 17.2. The van der Waals surface area contributed by atoms with Gasteiger partial charge in [0.2, 0.25) is 0 Å². The SMILES string of the molecule is c1ccc(N(c2ccccc2)c2ccc(-c3ccc4c(c3)c3ccccc3c3cc5c(cc43)c3ccccc3n5-c3ccccc3)cc2)cc1. The molecule has 0 fully saturated rings. The molecule has 0 radical (unpaired) electrons. The maximum absolute atomic E-state index is 2.43. The van der Waals surface area contributed by atoms with Crippen LogP contribution in [0.5, 0.6) is 0 Å². The molecule has 0 unspecified atom stereocenters. The molecule has 1 aromatic heterocycles. The van der Waals surface area contributed by atoms with Crippen molar-refractivity contribution in [1.29, 1.82) is 0 Å². The van der Waals surface area contributed by atoms with E-state index in [4.69, 9.17) is 0 Å². The molecule has 1 heterocycles. The molecular formula is C48H32N2. The molecule has 10 rings (SSSR count). The second-order valence-electron chi connectivity index (χ2n) is 13.0. The molecule has 0 aliphatic rings. The van der Waals surface area contributed by atoms with Gasteiger partial charge in [0.1, 0.15) is 0 Å². The Labute approximate surface area is 290 Å². The molecule has 9 aromatic carbocycles. The molecule has 0 N–H and O–H groups in total. The summed E-state index contributed by atoms with van der Waals surface area (Å²) in [5.41, 5.74) is 9.43. The molecule has 0 aliphatic carbocycles. The summed E-state index contributed by atoms with van der Waals surface area (Å²) in [4.78, 5) is 2.30. The first-order valence-electron chi connectivity index (χ1n) is 17.2. The standard InChI is InChI=1S/C48H32N2/c1-4-14-35(15-5-1)49(36-16-6-2-7-17-36)38-27-24-33(25-28-38)34-26-29-41-43(30-34)39-20-10-11-21-40(39)45-32-48-46(31-44(41)45)42-22-12-13-23-47(42)50(48)37-18-8-3-9-19-37/h1-32H. The molecular weight excluding hydrogens is 605 g/mol. The number of anilines is 3. The molecule has 0 atom stereocenters. The fraction of sp³-hybridized carbons (Fsp3) is 0. The summed E-state index contributed by atoms with van der Waals surface area (Å²) in [6.45, 7) is 0. The molecule has 0 aliphatic heterocycles. The zero-order valence-electron chi connectivity index (χ0n) is 27.4. The van der Waals surface area contributed by atoms with Gasteiger partial charge in [0.25, 0.3) is 0 Å². The van der Waals surface area contributed by atoms with Crippen LogP contribution in [0.1, 0.15) is 0 Å². The molecule has 10 aromatic rings. The van der Waals surface area contributed by atoms with Gasteiger partial charge >= 0.3 is 0 Å². The minimum absolute atomic E-state index is 1.13. The molecule has 2 nitrogen and oxygen atoms in total. The van der Waals surface area contributed by atoms with Crippen molar-refractivity contribution < 1.29 is 0 Å². The Morgan fingerprint density at radius 2 is 0.760 bits per heavy atom. The maximum atomic E-state index is 2.43. The van der Waals surface area contributed by atoms with E-state index in [0.29, 0.717) is 0 Å². The summed E-state index contributed by atoms with van der Waals surface area (Å²) in [5, 5.41) is 10.2. The van der Waals surface area contributed by atoms with E-state index >= 15 is 0 Å². The molecule has 0 bridgehead atoms. The first kappa shape index (κ1) is 28.4. The number of para-hydroxylation sites is 4. The highest BCUT2D eigenvalue weighted by molar-refractivity contribution is 6.29. The quantitative estimate of drug-likeness (QED) is 0.171. The van der Waals surface area contributed by atoms with Crippen LogP contribution < -0.4 is 4.90 Å². The van der Waals surface area contributed by atoms with E-state index < -0.39 is 0 Å². The van der Waals surface area contributed by atoms with E-state index in [1.807, 2.05) is 0 Å². The summed E-state index contributed by atoms with van der Waals surface area (Å²) in [6.07, 6.45) is 0. The lowest BCUT2D eigenvalue weighted by atomic mass is 9.91. The van der Waals surface area contributed by atoms with Crippen LogP contribution in [0.25, 0.3) is 70.9 Å². The summed E-state index contributed by atoms with van der Waals surface area (Å²) >= 11 is 0. The number of nitrogens with zero attached hydrogens (tertiary/aromatic N) is 2. The zero-order valence-corrected chi connectivity index (χ0v) is 27.4. The van der Waals surface area contributed by atoms with Gasteiger partial charge in [-0.1, -0.05) is 121 Å². The average molecular weight is 637 g/mol. The van der Waals surface area contributed by atoms with Crippen LogP contribution in [-0.4, -0.2) is 4.57 Å². The fourth-order valence-corrected chi connectivity index (χ4v) is 7.85. The van der Waals surface area contributed by atoms with Gasteiger partial charge in [0.05, 0.1) is 11.0 Å². The van der Waals surface area contributed by atoms with Crippen LogP contribution in [0, 0.1) is 0 Å². The minimum atomic E-state index is 1.13. The number of rotatable bonds is 5. The highest BCUT2D eigenvalue weighted by atomic mass is 15.1. The van der Waals surface area contributed by atoms with Crippen LogP contribution in [0.2, 0.25) is 0 Å². The van der Waals surface area contributed by atoms with Gasteiger partial charge < -0.3 is 9.47 Å². The van der Waals surface area contributed by atoms with Gasteiger partial charge in [-0.05, 0) is 116 Å². The van der Waals surface area contributed by atoms with E-state index in [-0.39, 0.29) is 0 Å². The molecule has 0 amide bonds. The van der Waals surface area contributed by atoms with E-state index in [2.05, 4.69) is 204 Å². The van der Waals surface area contributed by atoms with Gasteiger partial charge in [0, 0.05) is 33.5 Å². The smallest absolute Gasteiger partial charge is 0.0547 e. The van der Waals surface area contributed by atoms with Gasteiger partial charge in [0.15, 0.2) is 0 Å². The zero-order chi connectivity index (χ0) is 33.0. The molecule has 234 valence electrons. The van der Waals surface area contributed by atoms with Crippen LogP contribution in [0.4, 0.5) is 17.1 Å². The summed E-state index contributed by atoms with van der Waals surface area (Å²) in [5.74, 6) is 0. The van der Waals surface area contributed by atoms with E-state index in [1.165, 1.54) is 70.9 Å². The lowest BCUT2D eigenvalue weighted by Crippen LogP contribution is -2.09. The monoisotopic (exact) mass is 636 g/mol. The Bertz CT molecular complexity index is 2800. The predicted octanol–water partition coefficient (Wildman–Crippen LogP) is 13.4. The Balaban J connectivity index is 1.15. The maximum Gasteiger partial charge on any atom is 0.0547 e. The van der Waals surface area contributed by atoms with Crippen molar-refractivity contribution >= 4 is 71.2 Å². The van der Waals surface area contributed by atoms with Crippen molar-refractivity contribution in [3.8, 4) is 16.8 Å². The molecule has 0 saturated carbocycles. The van der Waals surface area contributed by atoms with Crippen molar-refractivity contribution in [1.82, 2.24) is 4.57 Å². The van der Waals surface area contributed by atoms with E-state index in [0.717, 1.165) is 17.1 Å². The van der Waals surface area contributed by atoms with Crippen LogP contribution >= 0.6 is 0 Å². The van der Waals surface area contributed by atoms with Gasteiger partial charge in [-0.25, -0.2) is 0 Å². The second kappa shape index (κ2) is 11.5. The highest BCUT2D eigenvalue weighted by Crippen LogP contribution is 2.42. The highest BCUT2D eigenvalue weighted by Gasteiger charge is 2.17. The number of aromatic nitrogens is 1. The summed E-state index contributed by atoms with van der Waals surface area (Å²) in [6, 6.07) is 70.3. The van der Waals surface area contributed by atoms with Gasteiger partial charge in [-0.2, -0.15) is 0 Å². The van der Waals surface area contributed by atoms with Crippen molar-refractivity contribution in [2.24, 2.45) is 0 Å². The minimum Gasteiger partial charge on any atom is -0.311 e. The third kappa shape index (κ3) is 4.50. The van der Waals surface area contributed by atoms with Gasteiger partial charge in [-0.3, -0.25) is 0 Å². The lowest BCUT2D eigenvalue weighted by Gasteiger charge is -2.25. The Hall–Kier alpha value is -6.64. The predicted molar refractivity (Wildman–Crippen MR) is 213 cm³/mol. The van der Waals surface area contributed by atoms with Crippen LogP contribution in [0.3, 0.4) is 0 Å². The third-order valence-corrected chi connectivity index (χ3v) is 10.1. The Kier molecular flexibility index (Phi) is 6.53. The Morgan fingerprint density at radius 3 is 1.42 bits per heavy atom. The van der Waals surface area contributed by atoms with Crippen LogP contribution in [-0.2, 0) is 0 Å².